The third-order valence-electron chi connectivity index (χ3n) is 6.23. The third kappa shape index (κ3) is 4.82. The van der Waals surface area contributed by atoms with Crippen molar-refractivity contribution in [2.75, 3.05) is 50.6 Å². The molecule has 0 aliphatic carbocycles. The number of anilines is 2. The van der Waals surface area contributed by atoms with E-state index in [2.05, 4.69) is 50.7 Å². The van der Waals surface area contributed by atoms with Gasteiger partial charge in [-0.25, -0.2) is 4.79 Å². The van der Waals surface area contributed by atoms with Crippen molar-refractivity contribution < 1.29 is 14.3 Å². The maximum atomic E-state index is 12.8. The number of piperazine rings is 1. The highest BCUT2D eigenvalue weighted by atomic mass is 16.5. The molecule has 1 fully saturated rings. The highest BCUT2D eigenvalue weighted by molar-refractivity contribution is 5.91. The van der Waals surface area contributed by atoms with E-state index in [0.29, 0.717) is 43.4 Å². The average molecular weight is 470 g/mol. The maximum absolute atomic E-state index is 12.8. The molecule has 0 atom stereocenters. The Kier molecular flexibility index (Phi) is 6.34. The SMILES string of the molecule is COc1ccc(OC)c(NC(=O)N2CCN(c3ccc(-c4ccc5ccccc5c4)nn3)CC2)c1. The lowest BCUT2D eigenvalue weighted by Crippen LogP contribution is -2.50. The van der Waals surface area contributed by atoms with Crippen molar-refractivity contribution in [3.05, 3.63) is 72.8 Å². The average Bonchev–Trinajstić information content (AvgIpc) is 2.93. The normalized spacial score (nSPS) is 13.5. The number of nitrogens with one attached hydrogen (secondary N) is 1. The van der Waals surface area contributed by atoms with Crippen LogP contribution in [0.25, 0.3) is 22.0 Å². The van der Waals surface area contributed by atoms with Gasteiger partial charge in [-0.15, -0.1) is 10.2 Å². The zero-order valence-electron chi connectivity index (χ0n) is 19.8. The summed E-state index contributed by atoms with van der Waals surface area (Å²) >= 11 is 0. The Labute approximate surface area is 204 Å². The molecule has 0 radical (unpaired) electrons. The molecule has 2 amide bonds. The first-order valence-electron chi connectivity index (χ1n) is 11.5. The molecular weight excluding hydrogens is 442 g/mol. The second-order valence-corrected chi connectivity index (χ2v) is 8.31. The third-order valence-corrected chi connectivity index (χ3v) is 6.23. The molecule has 8 heteroatoms. The second kappa shape index (κ2) is 9.89. The molecule has 1 aromatic heterocycles. The molecule has 4 aromatic rings. The molecular formula is C27H27N5O3. The van der Waals surface area contributed by atoms with Gasteiger partial charge in [-0.1, -0.05) is 36.4 Å². The van der Waals surface area contributed by atoms with Crippen molar-refractivity contribution in [2.45, 2.75) is 0 Å². The van der Waals surface area contributed by atoms with E-state index in [0.717, 1.165) is 17.1 Å². The molecule has 1 aliphatic heterocycles. The number of hydrogen-bond donors (Lipinski definition) is 1. The number of urea groups is 1. The Bertz CT molecular complexity index is 1330. The summed E-state index contributed by atoms with van der Waals surface area (Å²) in [7, 11) is 3.16. The number of benzene rings is 3. The zero-order valence-corrected chi connectivity index (χ0v) is 19.8. The minimum Gasteiger partial charge on any atom is -0.497 e. The predicted octanol–water partition coefficient (Wildman–Crippen LogP) is 4.67. The van der Waals surface area contributed by atoms with E-state index in [1.165, 1.54) is 10.8 Å². The fourth-order valence-corrected chi connectivity index (χ4v) is 4.24. The van der Waals surface area contributed by atoms with Crippen LogP contribution >= 0.6 is 0 Å². The quantitative estimate of drug-likeness (QED) is 0.458. The number of methoxy groups -OCH3 is 2. The molecule has 1 saturated heterocycles. The van der Waals surface area contributed by atoms with Crippen molar-refractivity contribution in [1.82, 2.24) is 15.1 Å². The van der Waals surface area contributed by atoms with Gasteiger partial charge in [0.15, 0.2) is 5.82 Å². The van der Waals surface area contributed by atoms with Crippen LogP contribution in [0.15, 0.2) is 72.8 Å². The van der Waals surface area contributed by atoms with Crippen LogP contribution in [-0.2, 0) is 0 Å². The lowest BCUT2D eigenvalue weighted by atomic mass is 10.1. The van der Waals surface area contributed by atoms with E-state index in [-0.39, 0.29) is 6.03 Å². The van der Waals surface area contributed by atoms with Gasteiger partial charge >= 0.3 is 6.03 Å². The smallest absolute Gasteiger partial charge is 0.322 e. The minimum atomic E-state index is -0.172. The summed E-state index contributed by atoms with van der Waals surface area (Å²) in [5.74, 6) is 2.04. The van der Waals surface area contributed by atoms with Crippen molar-refractivity contribution in [3.8, 4) is 22.8 Å². The Hall–Kier alpha value is -4.33. The van der Waals surface area contributed by atoms with E-state index in [1.54, 1.807) is 37.3 Å². The van der Waals surface area contributed by atoms with Crippen molar-refractivity contribution in [2.24, 2.45) is 0 Å². The summed E-state index contributed by atoms with van der Waals surface area (Å²) in [5, 5.41) is 14.2. The van der Waals surface area contributed by atoms with Crippen LogP contribution in [-0.4, -0.2) is 61.5 Å². The molecule has 3 aromatic carbocycles. The molecule has 0 saturated carbocycles. The number of nitrogens with zero attached hydrogens (tertiary/aromatic N) is 4. The van der Waals surface area contributed by atoms with Crippen LogP contribution in [0.1, 0.15) is 0 Å². The number of rotatable bonds is 5. The van der Waals surface area contributed by atoms with Gasteiger partial charge in [0.2, 0.25) is 0 Å². The lowest BCUT2D eigenvalue weighted by Gasteiger charge is -2.35. The van der Waals surface area contributed by atoms with Gasteiger partial charge in [0.25, 0.3) is 0 Å². The van der Waals surface area contributed by atoms with Crippen molar-refractivity contribution in [1.29, 1.82) is 0 Å². The standard InChI is InChI=1S/C27H27N5O3/c1-34-22-9-11-25(35-2)24(18-22)28-27(33)32-15-13-31(14-16-32)26-12-10-23(29-30-26)21-8-7-19-5-3-4-6-20(19)17-21/h3-12,17-18H,13-16H2,1-2H3,(H,28,33). The summed E-state index contributed by atoms with van der Waals surface area (Å²) in [6, 6.07) is 23.7. The maximum Gasteiger partial charge on any atom is 0.322 e. The largest absolute Gasteiger partial charge is 0.497 e. The molecule has 1 aliphatic rings. The van der Waals surface area contributed by atoms with Crippen LogP contribution in [0.2, 0.25) is 0 Å². The predicted molar refractivity (Wildman–Crippen MR) is 137 cm³/mol. The zero-order chi connectivity index (χ0) is 24.2. The first-order valence-corrected chi connectivity index (χ1v) is 11.5. The van der Waals surface area contributed by atoms with E-state index in [9.17, 15) is 4.79 Å². The van der Waals surface area contributed by atoms with Gasteiger partial charge in [-0.2, -0.15) is 0 Å². The van der Waals surface area contributed by atoms with Crippen LogP contribution < -0.4 is 19.7 Å². The van der Waals surface area contributed by atoms with Gasteiger partial charge in [-0.3, -0.25) is 0 Å². The summed E-state index contributed by atoms with van der Waals surface area (Å²) in [6.07, 6.45) is 0. The van der Waals surface area contributed by atoms with Crippen LogP contribution in [0.3, 0.4) is 0 Å². The number of ether oxygens (including phenoxy) is 2. The summed E-state index contributed by atoms with van der Waals surface area (Å²) < 4.78 is 10.6. The fraction of sp³-hybridized carbons (Fsp3) is 0.222. The molecule has 0 bridgehead atoms. The molecule has 5 rings (SSSR count). The Morgan fingerprint density at radius 3 is 2.34 bits per heavy atom. The fourth-order valence-electron chi connectivity index (χ4n) is 4.24. The number of carbonyl (C=O) groups is 1. The molecule has 0 unspecified atom stereocenters. The Balaban J connectivity index is 1.21. The highest BCUT2D eigenvalue weighted by Crippen LogP contribution is 2.29. The molecule has 1 N–H and O–H groups in total. The van der Waals surface area contributed by atoms with Gasteiger partial charge in [0.05, 0.1) is 25.6 Å². The van der Waals surface area contributed by atoms with Crippen LogP contribution in [0, 0.1) is 0 Å². The minimum absolute atomic E-state index is 0.172. The van der Waals surface area contributed by atoms with E-state index in [4.69, 9.17) is 9.47 Å². The van der Waals surface area contributed by atoms with Crippen LogP contribution in [0.5, 0.6) is 11.5 Å². The number of amides is 2. The molecule has 35 heavy (non-hydrogen) atoms. The lowest BCUT2D eigenvalue weighted by molar-refractivity contribution is 0.208. The number of fused-ring (bicyclic) bond motifs is 1. The first kappa shape index (κ1) is 22.5. The van der Waals surface area contributed by atoms with Crippen molar-refractivity contribution >= 4 is 28.3 Å². The second-order valence-electron chi connectivity index (χ2n) is 8.31. The number of aromatic nitrogens is 2. The molecule has 2 heterocycles. The van der Waals surface area contributed by atoms with E-state index >= 15 is 0 Å². The van der Waals surface area contributed by atoms with Crippen molar-refractivity contribution in [3.63, 3.8) is 0 Å². The summed E-state index contributed by atoms with van der Waals surface area (Å²) in [5.41, 5.74) is 2.45. The molecule has 8 nitrogen and oxygen atoms in total. The van der Waals surface area contributed by atoms with E-state index in [1.807, 2.05) is 24.3 Å². The Morgan fingerprint density at radius 1 is 0.829 bits per heavy atom. The van der Waals surface area contributed by atoms with Gasteiger partial charge in [0, 0.05) is 37.8 Å². The number of hydrogen-bond acceptors (Lipinski definition) is 6. The van der Waals surface area contributed by atoms with E-state index < -0.39 is 0 Å². The Morgan fingerprint density at radius 2 is 1.63 bits per heavy atom. The monoisotopic (exact) mass is 469 g/mol. The molecule has 0 spiro atoms. The van der Waals surface area contributed by atoms with Crippen LogP contribution in [0.4, 0.5) is 16.3 Å². The van der Waals surface area contributed by atoms with Gasteiger partial charge in [-0.05, 0) is 41.1 Å². The van der Waals surface area contributed by atoms with Gasteiger partial charge in [0.1, 0.15) is 11.5 Å². The number of carbonyl (C=O) groups excluding carboxylic acids is 1. The highest BCUT2D eigenvalue weighted by Gasteiger charge is 2.23. The first-order chi connectivity index (χ1) is 17.1. The topological polar surface area (TPSA) is 79.8 Å². The summed E-state index contributed by atoms with van der Waals surface area (Å²) in [6.45, 7) is 2.50. The van der Waals surface area contributed by atoms with Gasteiger partial charge < -0.3 is 24.6 Å². The summed E-state index contributed by atoms with van der Waals surface area (Å²) in [4.78, 5) is 16.8. The molecule has 178 valence electrons.